The lowest BCUT2D eigenvalue weighted by molar-refractivity contribution is 0.0682. The Morgan fingerprint density at radius 3 is 1.26 bits per heavy atom. The van der Waals surface area contributed by atoms with Crippen molar-refractivity contribution >= 4 is 43.8 Å². The van der Waals surface area contributed by atoms with E-state index < -0.39 is 11.9 Å². The molecule has 14 nitrogen and oxygen atoms in total. The zero-order valence-electron chi connectivity index (χ0n) is 25.6. The largest absolute Gasteiger partial charge is 0.492 e. The van der Waals surface area contributed by atoms with Crippen LogP contribution in [0.4, 0.5) is 0 Å². The summed E-state index contributed by atoms with van der Waals surface area (Å²) in [5, 5.41) is 36.9. The van der Waals surface area contributed by atoms with Gasteiger partial charge in [0.15, 0.2) is 23.0 Å². The summed E-state index contributed by atoms with van der Waals surface area (Å²) in [6.07, 6.45) is 5.28. The molecular formula is C30H38Br2N2O12. The van der Waals surface area contributed by atoms with Gasteiger partial charge in [-0.2, -0.15) is 0 Å². The maximum atomic E-state index is 12.2. The number of β-amino-alcohol motifs (C(OH)–C–C–N with tert-alkyl or cyclic N) is 2. The third kappa shape index (κ3) is 7.58. The Hall–Kier alpha value is -3.02. The number of fused-ring (bicyclic) bond motifs is 2. The second kappa shape index (κ2) is 16.7. The summed E-state index contributed by atoms with van der Waals surface area (Å²) in [5.41, 5.74) is -0.725. The number of halogens is 2. The molecule has 0 aromatic heterocycles. The standard InChI is InChI=1S/C18H12Br2O10.2C6H13NO/c1-25-13-9(19)7(17(21)22)5(11-15(13)29-3-27-11)6-8(18(23)24)10(20)14(26-2)16-12(6)28-4-30-16;2*8-6-5-7-3-1-2-4-7/h3-4H2,1-2H3,(H,21,22)(H,23,24);2*8H,1-6H2. The van der Waals surface area contributed by atoms with E-state index in [0.29, 0.717) is 13.2 Å². The number of methoxy groups -OCH3 is 2. The fourth-order valence-electron chi connectivity index (χ4n) is 5.68. The van der Waals surface area contributed by atoms with Gasteiger partial charge in [-0.05, 0) is 83.7 Å². The molecule has 0 aliphatic carbocycles. The van der Waals surface area contributed by atoms with Gasteiger partial charge in [0.05, 0.1) is 47.5 Å². The Morgan fingerprint density at radius 2 is 0.978 bits per heavy atom. The summed E-state index contributed by atoms with van der Waals surface area (Å²) in [7, 11) is 2.68. The molecule has 0 radical (unpaired) electrons. The topological polar surface area (TPSA) is 177 Å². The number of likely N-dealkylation sites (tertiary alicyclic amines) is 2. The molecular weight excluding hydrogens is 740 g/mol. The maximum absolute atomic E-state index is 12.2. The van der Waals surface area contributed by atoms with Crippen molar-refractivity contribution in [1.29, 1.82) is 0 Å². The number of nitrogens with zero attached hydrogens (tertiary/aromatic N) is 2. The molecule has 4 aliphatic heterocycles. The molecule has 0 saturated carbocycles. The van der Waals surface area contributed by atoms with E-state index >= 15 is 0 Å². The Labute approximate surface area is 282 Å². The highest BCUT2D eigenvalue weighted by Gasteiger charge is 2.40. The predicted molar refractivity (Wildman–Crippen MR) is 172 cm³/mol. The number of aliphatic hydroxyl groups is 2. The van der Waals surface area contributed by atoms with Gasteiger partial charge in [-0.15, -0.1) is 0 Å². The Morgan fingerprint density at radius 1 is 0.652 bits per heavy atom. The second-order valence-corrected chi connectivity index (χ2v) is 12.1. The van der Waals surface area contributed by atoms with Crippen LogP contribution in [0.2, 0.25) is 0 Å². The lowest BCUT2D eigenvalue weighted by Crippen LogP contribution is -2.22. The normalized spacial score (nSPS) is 16.4. The van der Waals surface area contributed by atoms with Crippen molar-refractivity contribution in [3.63, 3.8) is 0 Å². The molecule has 2 fully saturated rings. The van der Waals surface area contributed by atoms with Crippen molar-refractivity contribution < 1.29 is 58.4 Å². The summed E-state index contributed by atoms with van der Waals surface area (Å²) in [6, 6.07) is 0. The number of carboxylic acid groups (broad SMARTS) is 2. The van der Waals surface area contributed by atoms with Crippen molar-refractivity contribution in [2.75, 3.05) is 80.3 Å². The second-order valence-electron chi connectivity index (χ2n) is 10.5. The van der Waals surface area contributed by atoms with Crippen molar-refractivity contribution in [3.8, 4) is 45.6 Å². The summed E-state index contributed by atoms with van der Waals surface area (Å²) < 4.78 is 32.7. The molecule has 4 N–H and O–H groups in total. The third-order valence-corrected chi connectivity index (χ3v) is 9.26. The molecule has 0 amide bonds. The lowest BCUT2D eigenvalue weighted by atomic mass is 9.92. The quantitative estimate of drug-likeness (QED) is 0.288. The number of hydrogen-bond donors (Lipinski definition) is 4. The molecule has 4 heterocycles. The Balaban J connectivity index is 0.000000243. The lowest BCUT2D eigenvalue weighted by Gasteiger charge is -2.20. The minimum Gasteiger partial charge on any atom is -0.492 e. The number of hydrogen-bond acceptors (Lipinski definition) is 12. The van der Waals surface area contributed by atoms with Gasteiger partial charge in [0, 0.05) is 24.2 Å². The van der Waals surface area contributed by atoms with E-state index in [1.54, 1.807) is 0 Å². The SMILES string of the molecule is COc1c(Br)c(C(=O)O)c(-c2c3c(c(OC)c(Br)c2C(=O)O)OCO3)c2c1OCO2.OCCN1CCCC1.OCCN1CCCC1. The van der Waals surface area contributed by atoms with Crippen LogP contribution in [-0.2, 0) is 0 Å². The summed E-state index contributed by atoms with van der Waals surface area (Å²) in [5.74, 6) is -2.26. The van der Waals surface area contributed by atoms with Crippen LogP contribution >= 0.6 is 31.9 Å². The van der Waals surface area contributed by atoms with E-state index in [9.17, 15) is 19.8 Å². The number of aliphatic hydroxyl groups excluding tert-OH is 2. The van der Waals surface area contributed by atoms with Crippen molar-refractivity contribution in [2.24, 2.45) is 0 Å². The Kier molecular flexibility index (Phi) is 13.0. The van der Waals surface area contributed by atoms with E-state index in [1.165, 1.54) is 66.1 Å². The zero-order chi connectivity index (χ0) is 33.4. The number of ether oxygens (including phenoxy) is 6. The molecule has 4 aliphatic rings. The highest BCUT2D eigenvalue weighted by atomic mass is 79.9. The fourth-order valence-corrected chi connectivity index (χ4v) is 7.10. The van der Waals surface area contributed by atoms with E-state index in [4.69, 9.17) is 38.6 Å². The molecule has 2 aromatic rings. The van der Waals surface area contributed by atoms with Crippen molar-refractivity contribution in [1.82, 2.24) is 9.80 Å². The molecule has 2 aromatic carbocycles. The van der Waals surface area contributed by atoms with Gasteiger partial charge in [-0.1, -0.05) is 0 Å². The zero-order valence-corrected chi connectivity index (χ0v) is 28.8. The maximum Gasteiger partial charge on any atom is 0.337 e. The van der Waals surface area contributed by atoms with Crippen LogP contribution in [0.1, 0.15) is 46.4 Å². The minimum absolute atomic E-state index is 0.00437. The minimum atomic E-state index is -1.36. The highest BCUT2D eigenvalue weighted by Crippen LogP contribution is 2.60. The van der Waals surface area contributed by atoms with Gasteiger partial charge in [0.25, 0.3) is 0 Å². The van der Waals surface area contributed by atoms with E-state index in [0.717, 1.165) is 13.1 Å². The van der Waals surface area contributed by atoms with E-state index in [1.807, 2.05) is 0 Å². The van der Waals surface area contributed by atoms with Crippen molar-refractivity contribution in [3.05, 3.63) is 20.1 Å². The summed E-state index contributed by atoms with van der Waals surface area (Å²) in [6.45, 7) is 6.74. The fraction of sp³-hybridized carbons (Fsp3) is 0.533. The first-order valence-electron chi connectivity index (χ1n) is 14.7. The monoisotopic (exact) mass is 776 g/mol. The van der Waals surface area contributed by atoms with Gasteiger partial charge >= 0.3 is 11.9 Å². The van der Waals surface area contributed by atoms with Crippen LogP contribution in [0.15, 0.2) is 8.95 Å². The first-order valence-corrected chi connectivity index (χ1v) is 16.3. The molecule has 2 saturated heterocycles. The molecule has 0 atom stereocenters. The predicted octanol–water partition coefficient (Wildman–Crippen LogP) is 3.90. The van der Waals surface area contributed by atoms with Gasteiger partial charge in [-0.3, -0.25) is 0 Å². The van der Waals surface area contributed by atoms with E-state index in [2.05, 4.69) is 41.7 Å². The molecule has 46 heavy (non-hydrogen) atoms. The molecule has 6 rings (SSSR count). The molecule has 254 valence electrons. The average Bonchev–Trinajstić information content (AvgIpc) is 3.85. The highest BCUT2D eigenvalue weighted by molar-refractivity contribution is 9.11. The number of aromatic carboxylic acids is 2. The van der Waals surface area contributed by atoms with E-state index in [-0.39, 0.29) is 79.3 Å². The van der Waals surface area contributed by atoms with Gasteiger partial charge in [0.1, 0.15) is 0 Å². The Bertz CT molecular complexity index is 1310. The van der Waals surface area contributed by atoms with Crippen LogP contribution in [0.25, 0.3) is 11.1 Å². The number of rotatable bonds is 9. The van der Waals surface area contributed by atoms with Gasteiger partial charge < -0.3 is 58.6 Å². The first kappa shape index (κ1) is 35.8. The smallest absolute Gasteiger partial charge is 0.337 e. The van der Waals surface area contributed by atoms with Gasteiger partial charge in [-0.25, -0.2) is 9.59 Å². The number of carbonyl (C=O) groups is 2. The first-order chi connectivity index (χ1) is 22.2. The van der Waals surface area contributed by atoms with Gasteiger partial charge in [0.2, 0.25) is 25.1 Å². The number of benzene rings is 2. The molecule has 0 unspecified atom stereocenters. The van der Waals surface area contributed by atoms with Crippen LogP contribution in [0, 0.1) is 0 Å². The molecule has 0 bridgehead atoms. The van der Waals surface area contributed by atoms with Crippen LogP contribution in [0.5, 0.6) is 34.5 Å². The van der Waals surface area contributed by atoms with Crippen molar-refractivity contribution in [2.45, 2.75) is 25.7 Å². The average molecular weight is 778 g/mol. The molecule has 0 spiro atoms. The van der Waals surface area contributed by atoms with Crippen LogP contribution in [-0.4, -0.2) is 122 Å². The molecule has 16 heteroatoms. The number of carboxylic acids is 2. The summed E-state index contributed by atoms with van der Waals surface area (Å²) >= 11 is 6.47. The summed E-state index contributed by atoms with van der Waals surface area (Å²) in [4.78, 5) is 29.1. The third-order valence-electron chi connectivity index (χ3n) is 7.75. The van der Waals surface area contributed by atoms with Crippen LogP contribution < -0.4 is 28.4 Å². The van der Waals surface area contributed by atoms with Crippen LogP contribution in [0.3, 0.4) is 0 Å².